The molecule has 13 heavy (non-hydrogen) atoms. The van der Waals surface area contributed by atoms with Crippen LogP contribution in [0.15, 0.2) is 12.1 Å². The van der Waals surface area contributed by atoms with Crippen molar-refractivity contribution in [2.75, 3.05) is 6.61 Å². The molecule has 0 radical (unpaired) electrons. The molecule has 1 heterocycles. The number of ether oxygens (including phenoxy) is 1. The largest absolute Gasteiger partial charge is 0.506 e. The smallest absolute Gasteiger partial charge is 0.356 e. The highest BCUT2D eigenvalue weighted by Gasteiger charge is 2.09. The van der Waals surface area contributed by atoms with E-state index in [-0.39, 0.29) is 11.4 Å². The first kappa shape index (κ1) is 9.51. The van der Waals surface area contributed by atoms with Gasteiger partial charge in [-0.15, -0.1) is 0 Å². The molecule has 1 rings (SSSR count). The van der Waals surface area contributed by atoms with E-state index < -0.39 is 5.97 Å². The Balaban J connectivity index is 2.90. The quantitative estimate of drug-likeness (QED) is 0.698. The highest BCUT2D eigenvalue weighted by atomic mass is 16.5. The van der Waals surface area contributed by atoms with Crippen LogP contribution < -0.4 is 0 Å². The molecule has 0 aromatic carbocycles. The second-order valence-corrected chi connectivity index (χ2v) is 2.52. The number of esters is 1. The van der Waals surface area contributed by atoms with Crippen molar-refractivity contribution in [1.82, 2.24) is 4.98 Å². The summed E-state index contributed by atoms with van der Waals surface area (Å²) in [5.74, 6) is -0.390. The molecule has 0 aliphatic heterocycles. The van der Waals surface area contributed by atoms with E-state index in [9.17, 15) is 4.79 Å². The summed E-state index contributed by atoms with van der Waals surface area (Å²) in [4.78, 5) is 15.0. The average molecular weight is 181 g/mol. The lowest BCUT2D eigenvalue weighted by Crippen LogP contribution is -2.07. The van der Waals surface area contributed by atoms with Crippen LogP contribution >= 0.6 is 0 Å². The van der Waals surface area contributed by atoms with Gasteiger partial charge in [0.05, 0.1) is 12.3 Å². The molecule has 0 unspecified atom stereocenters. The van der Waals surface area contributed by atoms with Crippen molar-refractivity contribution in [1.29, 1.82) is 0 Å². The van der Waals surface area contributed by atoms with Crippen LogP contribution in [0.1, 0.15) is 23.1 Å². The number of hydrogen-bond acceptors (Lipinski definition) is 4. The van der Waals surface area contributed by atoms with Crippen LogP contribution in [0.4, 0.5) is 0 Å². The fourth-order valence-corrected chi connectivity index (χ4v) is 0.872. The summed E-state index contributed by atoms with van der Waals surface area (Å²) in [6.45, 7) is 3.67. The molecule has 4 heteroatoms. The van der Waals surface area contributed by atoms with Crippen molar-refractivity contribution in [3.05, 3.63) is 23.5 Å². The summed E-state index contributed by atoms with van der Waals surface area (Å²) in [6.07, 6.45) is 0. The highest BCUT2D eigenvalue weighted by molar-refractivity contribution is 5.87. The van der Waals surface area contributed by atoms with Crippen LogP contribution in [0.25, 0.3) is 0 Å². The van der Waals surface area contributed by atoms with Crippen LogP contribution in [0, 0.1) is 6.92 Å². The maximum absolute atomic E-state index is 11.1. The third-order valence-electron chi connectivity index (χ3n) is 1.54. The van der Waals surface area contributed by atoms with Crippen LogP contribution in [0.5, 0.6) is 5.75 Å². The fourth-order valence-electron chi connectivity index (χ4n) is 0.872. The van der Waals surface area contributed by atoms with Crippen molar-refractivity contribution in [2.24, 2.45) is 0 Å². The Bertz CT molecular complexity index is 323. The Labute approximate surface area is 76.2 Å². The standard InChI is InChI=1S/C9H11NO3/c1-3-13-9(12)7-4-5-8(11)6(2)10-7/h4-5,11H,3H2,1-2H3. The Morgan fingerprint density at radius 3 is 2.85 bits per heavy atom. The first-order valence-electron chi connectivity index (χ1n) is 3.99. The molecular weight excluding hydrogens is 170 g/mol. The van der Waals surface area contributed by atoms with Gasteiger partial charge in [0.25, 0.3) is 0 Å². The summed E-state index contributed by atoms with van der Waals surface area (Å²) in [7, 11) is 0. The number of aromatic hydroxyl groups is 1. The third-order valence-corrected chi connectivity index (χ3v) is 1.54. The summed E-state index contributed by atoms with van der Waals surface area (Å²) < 4.78 is 4.74. The fraction of sp³-hybridized carbons (Fsp3) is 0.333. The van der Waals surface area contributed by atoms with Gasteiger partial charge in [-0.05, 0) is 26.0 Å². The zero-order valence-electron chi connectivity index (χ0n) is 7.57. The number of aromatic nitrogens is 1. The number of carbonyl (C=O) groups is 1. The van der Waals surface area contributed by atoms with Gasteiger partial charge in [0.2, 0.25) is 0 Å². The van der Waals surface area contributed by atoms with Gasteiger partial charge in [-0.2, -0.15) is 0 Å². The van der Waals surface area contributed by atoms with E-state index in [2.05, 4.69) is 4.98 Å². The summed E-state index contributed by atoms with van der Waals surface area (Å²) in [6, 6.07) is 2.86. The number of hydrogen-bond donors (Lipinski definition) is 1. The summed E-state index contributed by atoms with van der Waals surface area (Å²) in [5, 5.41) is 9.14. The molecule has 1 aromatic rings. The number of pyridine rings is 1. The van der Waals surface area contributed by atoms with Crippen molar-refractivity contribution < 1.29 is 14.6 Å². The monoisotopic (exact) mass is 181 g/mol. The molecule has 0 aliphatic rings. The molecule has 4 nitrogen and oxygen atoms in total. The van der Waals surface area contributed by atoms with Gasteiger partial charge < -0.3 is 9.84 Å². The minimum absolute atomic E-state index is 0.0769. The topological polar surface area (TPSA) is 59.4 Å². The molecular formula is C9H11NO3. The minimum atomic E-state index is -0.467. The second-order valence-electron chi connectivity index (χ2n) is 2.52. The minimum Gasteiger partial charge on any atom is -0.506 e. The predicted octanol–water partition coefficient (Wildman–Crippen LogP) is 1.27. The molecule has 0 atom stereocenters. The Morgan fingerprint density at radius 1 is 1.62 bits per heavy atom. The van der Waals surface area contributed by atoms with E-state index in [4.69, 9.17) is 9.84 Å². The summed E-state index contributed by atoms with van der Waals surface area (Å²) in [5.41, 5.74) is 0.641. The van der Waals surface area contributed by atoms with E-state index in [1.54, 1.807) is 13.8 Å². The Morgan fingerprint density at radius 2 is 2.31 bits per heavy atom. The Hall–Kier alpha value is -1.58. The van der Waals surface area contributed by atoms with E-state index in [1.807, 2.05) is 0 Å². The van der Waals surface area contributed by atoms with Gasteiger partial charge in [-0.3, -0.25) is 0 Å². The van der Waals surface area contributed by atoms with Crippen LogP contribution in [-0.4, -0.2) is 22.7 Å². The lowest BCUT2D eigenvalue weighted by molar-refractivity contribution is 0.0519. The van der Waals surface area contributed by atoms with Gasteiger partial charge in [-0.1, -0.05) is 0 Å². The molecule has 0 saturated carbocycles. The Kier molecular flexibility index (Phi) is 2.84. The van der Waals surface area contributed by atoms with Gasteiger partial charge in [0.15, 0.2) is 0 Å². The molecule has 0 amide bonds. The maximum atomic E-state index is 11.1. The van der Waals surface area contributed by atoms with Crippen molar-refractivity contribution in [3.8, 4) is 5.75 Å². The summed E-state index contributed by atoms with van der Waals surface area (Å²) >= 11 is 0. The van der Waals surface area contributed by atoms with Crippen molar-refractivity contribution in [3.63, 3.8) is 0 Å². The predicted molar refractivity (Wildman–Crippen MR) is 46.6 cm³/mol. The molecule has 0 saturated heterocycles. The van der Waals surface area contributed by atoms with Crippen LogP contribution in [-0.2, 0) is 4.74 Å². The lowest BCUT2D eigenvalue weighted by Gasteiger charge is -2.02. The molecule has 0 spiro atoms. The first-order valence-corrected chi connectivity index (χ1v) is 3.99. The maximum Gasteiger partial charge on any atom is 0.356 e. The second kappa shape index (κ2) is 3.89. The molecule has 0 fully saturated rings. The average Bonchev–Trinajstić information content (AvgIpc) is 2.10. The zero-order valence-corrected chi connectivity index (χ0v) is 7.57. The normalized spacial score (nSPS) is 9.69. The van der Waals surface area contributed by atoms with Gasteiger partial charge in [0, 0.05) is 0 Å². The zero-order chi connectivity index (χ0) is 9.84. The number of aryl methyl sites for hydroxylation is 1. The highest BCUT2D eigenvalue weighted by Crippen LogP contribution is 2.13. The number of nitrogens with zero attached hydrogens (tertiary/aromatic N) is 1. The van der Waals surface area contributed by atoms with Gasteiger partial charge in [-0.25, -0.2) is 9.78 Å². The van der Waals surface area contributed by atoms with Crippen LogP contribution in [0.2, 0.25) is 0 Å². The molecule has 1 N–H and O–H groups in total. The van der Waals surface area contributed by atoms with Crippen molar-refractivity contribution >= 4 is 5.97 Å². The lowest BCUT2D eigenvalue weighted by atomic mass is 10.3. The van der Waals surface area contributed by atoms with Gasteiger partial charge >= 0.3 is 5.97 Å². The van der Waals surface area contributed by atoms with Gasteiger partial charge in [0.1, 0.15) is 11.4 Å². The van der Waals surface area contributed by atoms with E-state index in [0.29, 0.717) is 12.3 Å². The van der Waals surface area contributed by atoms with E-state index in [0.717, 1.165) is 0 Å². The van der Waals surface area contributed by atoms with E-state index in [1.165, 1.54) is 12.1 Å². The third kappa shape index (κ3) is 2.18. The first-order chi connectivity index (χ1) is 6.15. The molecule has 70 valence electrons. The van der Waals surface area contributed by atoms with Crippen molar-refractivity contribution in [2.45, 2.75) is 13.8 Å². The SMILES string of the molecule is CCOC(=O)c1ccc(O)c(C)n1. The van der Waals surface area contributed by atoms with Crippen LogP contribution in [0.3, 0.4) is 0 Å². The van der Waals surface area contributed by atoms with E-state index >= 15 is 0 Å². The molecule has 0 aliphatic carbocycles. The number of carbonyl (C=O) groups excluding carboxylic acids is 1. The molecule has 1 aromatic heterocycles. The molecule has 0 bridgehead atoms. The number of rotatable bonds is 2.